The molecule has 1 rings (SSSR count). The van der Waals surface area contributed by atoms with Gasteiger partial charge in [0.05, 0.1) is 19.4 Å². The summed E-state index contributed by atoms with van der Waals surface area (Å²) >= 11 is 0. The maximum Gasteiger partial charge on any atom is 0.151 e. The van der Waals surface area contributed by atoms with Crippen LogP contribution in [0.2, 0.25) is 0 Å². The fraction of sp³-hybridized carbons (Fsp3) is 0.556. The van der Waals surface area contributed by atoms with E-state index in [4.69, 9.17) is 10.2 Å². The predicted octanol–water partition coefficient (Wildman–Crippen LogP) is -0.424. The highest BCUT2D eigenvalue weighted by Crippen LogP contribution is 2.09. The fourth-order valence-corrected chi connectivity index (χ4v) is 1.19. The number of rotatable bonds is 5. The number of hydrogen-bond donors (Lipinski definition) is 2. The van der Waals surface area contributed by atoms with Gasteiger partial charge in [0.25, 0.3) is 0 Å². The number of aryl methyl sites for hydroxylation is 1. The van der Waals surface area contributed by atoms with E-state index in [0.717, 1.165) is 5.56 Å². The first-order chi connectivity index (χ1) is 6.77. The van der Waals surface area contributed by atoms with Crippen LogP contribution in [0.5, 0.6) is 0 Å². The minimum absolute atomic E-state index is 0.0373. The summed E-state index contributed by atoms with van der Waals surface area (Å²) in [7, 11) is 0. The normalized spacial score (nSPS) is 10.2. The summed E-state index contributed by atoms with van der Waals surface area (Å²) in [6.45, 7) is 2.91. The Bertz CT molecular complexity index is 275. The van der Waals surface area contributed by atoms with E-state index in [-0.39, 0.29) is 13.2 Å². The lowest BCUT2D eigenvalue weighted by Gasteiger charge is -2.20. The molecule has 0 aromatic carbocycles. The van der Waals surface area contributed by atoms with Gasteiger partial charge in [-0.15, -0.1) is 5.10 Å². The van der Waals surface area contributed by atoms with E-state index in [0.29, 0.717) is 18.9 Å². The van der Waals surface area contributed by atoms with Crippen molar-refractivity contribution in [3.63, 3.8) is 0 Å². The molecule has 0 unspecified atom stereocenters. The van der Waals surface area contributed by atoms with Crippen molar-refractivity contribution >= 4 is 5.82 Å². The molecule has 0 radical (unpaired) electrons. The Morgan fingerprint density at radius 3 is 2.43 bits per heavy atom. The molecular weight excluding hydrogens is 182 g/mol. The molecule has 1 heterocycles. The predicted molar refractivity (Wildman–Crippen MR) is 53.2 cm³/mol. The summed E-state index contributed by atoms with van der Waals surface area (Å²) < 4.78 is 0. The topological polar surface area (TPSA) is 69.5 Å². The molecule has 0 aliphatic carbocycles. The van der Waals surface area contributed by atoms with Crippen LogP contribution in [0, 0.1) is 6.92 Å². The van der Waals surface area contributed by atoms with Gasteiger partial charge in [0.1, 0.15) is 0 Å². The maximum atomic E-state index is 8.82. The third kappa shape index (κ3) is 2.93. The monoisotopic (exact) mass is 197 g/mol. The van der Waals surface area contributed by atoms with Gasteiger partial charge in [-0.1, -0.05) is 0 Å². The highest BCUT2D eigenvalue weighted by molar-refractivity contribution is 5.38. The van der Waals surface area contributed by atoms with Crippen LogP contribution in [0.4, 0.5) is 5.82 Å². The van der Waals surface area contributed by atoms with Crippen molar-refractivity contribution in [2.75, 3.05) is 31.2 Å². The van der Waals surface area contributed by atoms with E-state index in [1.807, 2.05) is 13.0 Å². The third-order valence-electron chi connectivity index (χ3n) is 1.84. The van der Waals surface area contributed by atoms with E-state index in [2.05, 4.69) is 10.2 Å². The Kier molecular flexibility index (Phi) is 4.28. The van der Waals surface area contributed by atoms with Crippen molar-refractivity contribution in [3.8, 4) is 0 Å². The van der Waals surface area contributed by atoms with Crippen molar-refractivity contribution in [3.05, 3.63) is 17.8 Å². The molecule has 0 spiro atoms. The Hall–Kier alpha value is -1.20. The van der Waals surface area contributed by atoms with Crippen LogP contribution in [0.1, 0.15) is 5.56 Å². The average Bonchev–Trinajstić information content (AvgIpc) is 2.17. The molecule has 0 amide bonds. The van der Waals surface area contributed by atoms with Gasteiger partial charge in [-0.2, -0.15) is 5.10 Å². The van der Waals surface area contributed by atoms with Crippen LogP contribution >= 0.6 is 0 Å². The number of anilines is 1. The molecule has 5 heteroatoms. The van der Waals surface area contributed by atoms with E-state index < -0.39 is 0 Å². The molecule has 0 fully saturated rings. The Labute approximate surface area is 83.0 Å². The van der Waals surface area contributed by atoms with Crippen molar-refractivity contribution in [1.29, 1.82) is 0 Å². The summed E-state index contributed by atoms with van der Waals surface area (Å²) in [6.07, 6.45) is 1.67. The van der Waals surface area contributed by atoms with Crippen molar-refractivity contribution in [1.82, 2.24) is 10.2 Å². The molecule has 0 aliphatic heterocycles. The van der Waals surface area contributed by atoms with Gasteiger partial charge in [-0.25, -0.2) is 0 Å². The molecule has 0 saturated heterocycles. The van der Waals surface area contributed by atoms with Gasteiger partial charge in [-0.3, -0.25) is 0 Å². The summed E-state index contributed by atoms with van der Waals surface area (Å²) in [5.74, 6) is 0.688. The quantitative estimate of drug-likeness (QED) is 0.670. The van der Waals surface area contributed by atoms with Crippen LogP contribution in [-0.4, -0.2) is 46.7 Å². The van der Waals surface area contributed by atoms with Crippen LogP contribution in [-0.2, 0) is 0 Å². The highest BCUT2D eigenvalue weighted by Gasteiger charge is 2.06. The van der Waals surface area contributed by atoms with E-state index in [1.54, 1.807) is 11.1 Å². The van der Waals surface area contributed by atoms with E-state index >= 15 is 0 Å². The highest BCUT2D eigenvalue weighted by atomic mass is 16.3. The maximum absolute atomic E-state index is 8.82. The zero-order valence-electron chi connectivity index (χ0n) is 8.22. The molecule has 0 saturated carbocycles. The standard InChI is InChI=1S/C9H15N3O2/c1-8-6-9(11-10-7-8)12(2-4-13)3-5-14/h6-7,13-14H,2-5H2,1H3. The van der Waals surface area contributed by atoms with Crippen molar-refractivity contribution < 1.29 is 10.2 Å². The first-order valence-corrected chi connectivity index (χ1v) is 4.54. The summed E-state index contributed by atoms with van der Waals surface area (Å²) in [5, 5.41) is 25.4. The summed E-state index contributed by atoms with van der Waals surface area (Å²) in [6, 6.07) is 1.87. The van der Waals surface area contributed by atoms with Gasteiger partial charge in [0, 0.05) is 13.1 Å². The van der Waals surface area contributed by atoms with E-state index in [9.17, 15) is 0 Å². The van der Waals surface area contributed by atoms with Crippen LogP contribution in [0.3, 0.4) is 0 Å². The van der Waals surface area contributed by atoms with Gasteiger partial charge >= 0.3 is 0 Å². The number of nitrogens with zero attached hydrogens (tertiary/aromatic N) is 3. The second kappa shape index (κ2) is 5.51. The van der Waals surface area contributed by atoms with Gasteiger partial charge in [0.15, 0.2) is 5.82 Å². The SMILES string of the molecule is Cc1cnnc(N(CCO)CCO)c1. The Morgan fingerprint density at radius 2 is 1.93 bits per heavy atom. The third-order valence-corrected chi connectivity index (χ3v) is 1.84. The Morgan fingerprint density at radius 1 is 1.29 bits per heavy atom. The molecule has 0 atom stereocenters. The number of hydrogen-bond acceptors (Lipinski definition) is 5. The lowest BCUT2D eigenvalue weighted by atomic mass is 10.3. The van der Waals surface area contributed by atoms with Crippen LogP contribution in [0.15, 0.2) is 12.3 Å². The second-order valence-corrected chi connectivity index (χ2v) is 3.03. The van der Waals surface area contributed by atoms with Gasteiger partial charge in [-0.05, 0) is 18.6 Å². The molecule has 1 aromatic rings. The Balaban J connectivity index is 2.75. The zero-order chi connectivity index (χ0) is 10.4. The lowest BCUT2D eigenvalue weighted by Crippen LogP contribution is -2.30. The summed E-state index contributed by atoms with van der Waals surface area (Å²) in [5.41, 5.74) is 1.01. The zero-order valence-corrected chi connectivity index (χ0v) is 8.22. The minimum Gasteiger partial charge on any atom is -0.395 e. The summed E-state index contributed by atoms with van der Waals surface area (Å²) in [4.78, 5) is 1.79. The molecular formula is C9H15N3O2. The fourth-order valence-electron chi connectivity index (χ4n) is 1.19. The minimum atomic E-state index is 0.0373. The molecule has 1 aromatic heterocycles. The van der Waals surface area contributed by atoms with Crippen LogP contribution < -0.4 is 4.90 Å². The average molecular weight is 197 g/mol. The van der Waals surface area contributed by atoms with Crippen molar-refractivity contribution in [2.24, 2.45) is 0 Å². The lowest BCUT2D eigenvalue weighted by molar-refractivity contribution is 0.280. The smallest absolute Gasteiger partial charge is 0.151 e. The molecule has 0 bridgehead atoms. The first kappa shape index (κ1) is 10.9. The molecule has 2 N–H and O–H groups in total. The van der Waals surface area contributed by atoms with E-state index in [1.165, 1.54) is 0 Å². The number of aromatic nitrogens is 2. The van der Waals surface area contributed by atoms with Crippen LogP contribution in [0.25, 0.3) is 0 Å². The molecule has 5 nitrogen and oxygen atoms in total. The molecule has 0 aliphatic rings. The molecule has 14 heavy (non-hydrogen) atoms. The van der Waals surface area contributed by atoms with Gasteiger partial charge < -0.3 is 15.1 Å². The largest absolute Gasteiger partial charge is 0.395 e. The molecule has 78 valence electrons. The van der Waals surface area contributed by atoms with Gasteiger partial charge in [0.2, 0.25) is 0 Å². The first-order valence-electron chi connectivity index (χ1n) is 4.54. The van der Waals surface area contributed by atoms with Crippen molar-refractivity contribution in [2.45, 2.75) is 6.92 Å². The number of aliphatic hydroxyl groups excluding tert-OH is 2. The second-order valence-electron chi connectivity index (χ2n) is 3.03. The number of aliphatic hydroxyl groups is 2.